The minimum Gasteiger partial charge on any atom is -0.462 e. The van der Waals surface area contributed by atoms with Gasteiger partial charge in [0.05, 0.1) is 31.3 Å². The van der Waals surface area contributed by atoms with Crippen LogP contribution >= 0.6 is 0 Å². The average molecular weight is 298 g/mol. The van der Waals surface area contributed by atoms with Crippen LogP contribution in [0.2, 0.25) is 0 Å². The highest BCUT2D eigenvalue weighted by Crippen LogP contribution is 2.21. The van der Waals surface area contributed by atoms with Crippen molar-refractivity contribution in [2.24, 2.45) is 5.41 Å². The first-order chi connectivity index (χ1) is 9.98. The van der Waals surface area contributed by atoms with Gasteiger partial charge in [0.25, 0.3) is 0 Å². The number of ether oxygens (including phenoxy) is 2. The maximum absolute atomic E-state index is 11.9. The van der Waals surface area contributed by atoms with Crippen LogP contribution in [0, 0.1) is 5.41 Å². The predicted molar refractivity (Wildman–Crippen MR) is 81.7 cm³/mol. The molecule has 5 heteroatoms. The topological polar surface area (TPSA) is 76.0 Å². The van der Waals surface area contributed by atoms with Gasteiger partial charge in [-0.15, -0.1) is 13.2 Å². The molecule has 0 aliphatic rings. The van der Waals surface area contributed by atoms with Crippen LogP contribution < -0.4 is 0 Å². The Labute approximate surface area is 126 Å². The first kappa shape index (κ1) is 19.6. The molecule has 0 aromatic rings. The summed E-state index contributed by atoms with van der Waals surface area (Å²) in [6.07, 6.45) is 4.88. The van der Waals surface area contributed by atoms with Gasteiger partial charge < -0.3 is 19.7 Å². The van der Waals surface area contributed by atoms with Gasteiger partial charge in [-0.25, -0.2) is 4.79 Å². The third-order valence-electron chi connectivity index (χ3n) is 3.31. The van der Waals surface area contributed by atoms with Crippen molar-refractivity contribution in [2.75, 3.05) is 26.4 Å². The minimum absolute atomic E-state index is 0.0349. The lowest BCUT2D eigenvalue weighted by molar-refractivity contribution is -0.145. The predicted octanol–water partition coefficient (Wildman–Crippen LogP) is 1.61. The number of esters is 1. The Bertz CT molecular complexity index is 361. The summed E-state index contributed by atoms with van der Waals surface area (Å²) in [6.45, 7) is 10.4. The fourth-order valence-electron chi connectivity index (χ4n) is 1.48. The molecule has 0 fully saturated rings. The fraction of sp³-hybridized carbons (Fsp3) is 0.562. The van der Waals surface area contributed by atoms with E-state index in [1.807, 2.05) is 6.92 Å². The quantitative estimate of drug-likeness (QED) is 0.344. The fourth-order valence-corrected chi connectivity index (χ4v) is 1.48. The molecule has 120 valence electrons. The highest BCUT2D eigenvalue weighted by atomic mass is 16.5. The third-order valence-corrected chi connectivity index (χ3v) is 3.31. The van der Waals surface area contributed by atoms with E-state index >= 15 is 0 Å². The Morgan fingerprint density at radius 1 is 1.33 bits per heavy atom. The number of carbonyl (C=O) groups is 1. The molecule has 1 unspecified atom stereocenters. The summed E-state index contributed by atoms with van der Waals surface area (Å²) in [5, 5.41) is 18.6. The Balaban J connectivity index is 4.62. The van der Waals surface area contributed by atoms with Crippen LogP contribution in [0.3, 0.4) is 0 Å². The lowest BCUT2D eigenvalue weighted by Crippen LogP contribution is -2.35. The van der Waals surface area contributed by atoms with Gasteiger partial charge in [-0.1, -0.05) is 19.1 Å². The molecule has 5 nitrogen and oxygen atoms in total. The SMILES string of the molecule is C=CCOC(C=C)C=C(C)C(=O)OCC(CC)(CO)CO. The van der Waals surface area contributed by atoms with Crippen molar-refractivity contribution in [1.29, 1.82) is 0 Å². The van der Waals surface area contributed by atoms with Crippen molar-refractivity contribution in [1.82, 2.24) is 0 Å². The van der Waals surface area contributed by atoms with Crippen molar-refractivity contribution in [3.63, 3.8) is 0 Å². The number of hydrogen-bond donors (Lipinski definition) is 2. The van der Waals surface area contributed by atoms with E-state index in [9.17, 15) is 15.0 Å². The van der Waals surface area contributed by atoms with Crippen molar-refractivity contribution in [3.8, 4) is 0 Å². The molecule has 0 rings (SSSR count). The van der Waals surface area contributed by atoms with Crippen LogP contribution in [0.1, 0.15) is 20.3 Å². The number of hydrogen-bond acceptors (Lipinski definition) is 5. The first-order valence-corrected chi connectivity index (χ1v) is 6.91. The van der Waals surface area contributed by atoms with Gasteiger partial charge in [0.15, 0.2) is 0 Å². The summed E-state index contributed by atoms with van der Waals surface area (Å²) in [4.78, 5) is 11.9. The second-order valence-electron chi connectivity index (χ2n) is 4.92. The molecule has 0 saturated heterocycles. The van der Waals surface area contributed by atoms with E-state index in [0.717, 1.165) is 0 Å². The van der Waals surface area contributed by atoms with E-state index in [2.05, 4.69) is 13.2 Å². The molecular weight excluding hydrogens is 272 g/mol. The first-order valence-electron chi connectivity index (χ1n) is 6.91. The molecule has 0 radical (unpaired) electrons. The molecular formula is C16H26O5. The Morgan fingerprint density at radius 2 is 1.95 bits per heavy atom. The highest BCUT2D eigenvalue weighted by molar-refractivity contribution is 5.87. The molecule has 1 atom stereocenters. The van der Waals surface area contributed by atoms with Gasteiger partial charge in [0.1, 0.15) is 6.61 Å². The third kappa shape index (κ3) is 6.71. The van der Waals surface area contributed by atoms with Crippen LogP contribution in [0.25, 0.3) is 0 Å². The maximum Gasteiger partial charge on any atom is 0.333 e. The zero-order valence-electron chi connectivity index (χ0n) is 12.9. The van der Waals surface area contributed by atoms with Crippen LogP contribution in [0.4, 0.5) is 0 Å². The summed E-state index contributed by atoms with van der Waals surface area (Å²) in [7, 11) is 0. The summed E-state index contributed by atoms with van der Waals surface area (Å²) in [6, 6.07) is 0. The number of aliphatic hydroxyl groups is 2. The van der Waals surface area contributed by atoms with E-state index < -0.39 is 17.5 Å². The van der Waals surface area contributed by atoms with Crippen molar-refractivity contribution in [3.05, 3.63) is 37.0 Å². The molecule has 0 spiro atoms. The molecule has 0 heterocycles. The lowest BCUT2D eigenvalue weighted by atomic mass is 9.88. The lowest BCUT2D eigenvalue weighted by Gasteiger charge is -2.27. The normalized spacial score (nSPS) is 13.6. The van der Waals surface area contributed by atoms with Gasteiger partial charge in [-0.05, 0) is 19.4 Å². The monoisotopic (exact) mass is 298 g/mol. The van der Waals surface area contributed by atoms with E-state index in [0.29, 0.717) is 18.6 Å². The average Bonchev–Trinajstić information content (AvgIpc) is 2.52. The Morgan fingerprint density at radius 3 is 2.38 bits per heavy atom. The van der Waals surface area contributed by atoms with Gasteiger partial charge >= 0.3 is 5.97 Å². The summed E-state index contributed by atoms with van der Waals surface area (Å²) in [5.74, 6) is -0.510. The van der Waals surface area contributed by atoms with Crippen LogP contribution in [-0.2, 0) is 14.3 Å². The zero-order valence-corrected chi connectivity index (χ0v) is 12.9. The smallest absolute Gasteiger partial charge is 0.333 e. The van der Waals surface area contributed by atoms with Crippen LogP contribution in [-0.4, -0.2) is 48.7 Å². The van der Waals surface area contributed by atoms with Gasteiger partial charge in [0, 0.05) is 5.57 Å². The molecule has 0 aromatic carbocycles. The molecule has 0 saturated carbocycles. The number of carbonyl (C=O) groups excluding carboxylic acids is 1. The molecule has 0 aliphatic heterocycles. The summed E-state index contributed by atoms with van der Waals surface area (Å²) < 4.78 is 10.5. The summed E-state index contributed by atoms with van der Waals surface area (Å²) in [5.41, 5.74) is -0.419. The Hall–Kier alpha value is -1.43. The molecule has 21 heavy (non-hydrogen) atoms. The van der Waals surface area contributed by atoms with E-state index in [1.165, 1.54) is 0 Å². The van der Waals surface area contributed by atoms with Crippen LogP contribution in [0.15, 0.2) is 37.0 Å². The Kier molecular flexibility index (Phi) is 9.62. The van der Waals surface area contributed by atoms with E-state index in [1.54, 1.807) is 25.2 Å². The van der Waals surface area contributed by atoms with Crippen molar-refractivity contribution >= 4 is 5.97 Å². The summed E-state index contributed by atoms with van der Waals surface area (Å²) >= 11 is 0. The largest absolute Gasteiger partial charge is 0.462 e. The molecule has 0 aliphatic carbocycles. The van der Waals surface area contributed by atoms with Crippen LogP contribution in [0.5, 0.6) is 0 Å². The van der Waals surface area contributed by atoms with Crippen molar-refractivity contribution in [2.45, 2.75) is 26.4 Å². The van der Waals surface area contributed by atoms with Crippen molar-refractivity contribution < 1.29 is 24.5 Å². The molecule has 0 aromatic heterocycles. The van der Waals surface area contributed by atoms with Gasteiger partial charge in [-0.2, -0.15) is 0 Å². The second-order valence-corrected chi connectivity index (χ2v) is 4.92. The standard InChI is InChI=1S/C16H26O5/c1-5-8-20-14(6-2)9-13(4)15(19)21-12-16(7-3,10-17)11-18/h5-6,9,14,17-18H,1-2,7-8,10-12H2,3-4H3. The minimum atomic E-state index is -0.798. The maximum atomic E-state index is 11.9. The zero-order chi connectivity index (χ0) is 16.3. The molecule has 0 bridgehead atoms. The number of rotatable bonds is 11. The second kappa shape index (κ2) is 10.3. The molecule has 0 amide bonds. The highest BCUT2D eigenvalue weighted by Gasteiger charge is 2.28. The number of aliphatic hydroxyl groups excluding tert-OH is 2. The van der Waals surface area contributed by atoms with Gasteiger partial charge in [0.2, 0.25) is 0 Å². The van der Waals surface area contributed by atoms with E-state index in [4.69, 9.17) is 9.47 Å². The van der Waals surface area contributed by atoms with Gasteiger partial charge in [-0.3, -0.25) is 0 Å². The molecule has 2 N–H and O–H groups in total. The van der Waals surface area contributed by atoms with E-state index in [-0.39, 0.29) is 19.8 Å².